The minimum atomic E-state index is -0.582. The normalized spacial score (nSPS) is 12.0. The van der Waals surface area contributed by atoms with Gasteiger partial charge in [0, 0.05) is 11.5 Å². The van der Waals surface area contributed by atoms with E-state index in [0.717, 1.165) is 21.0 Å². The van der Waals surface area contributed by atoms with Crippen LogP contribution in [-0.2, 0) is 11.3 Å². The van der Waals surface area contributed by atoms with Gasteiger partial charge in [0.1, 0.15) is 11.0 Å². The van der Waals surface area contributed by atoms with Gasteiger partial charge >= 0.3 is 0 Å². The van der Waals surface area contributed by atoms with Gasteiger partial charge in [-0.15, -0.1) is 11.3 Å². The number of fused-ring (bicyclic) bond motifs is 1. The van der Waals surface area contributed by atoms with E-state index in [1.807, 2.05) is 42.7 Å². The van der Waals surface area contributed by atoms with Crippen molar-refractivity contribution in [3.8, 4) is 0 Å². The van der Waals surface area contributed by atoms with Crippen LogP contribution in [0.15, 0.2) is 53.0 Å². The molecule has 2 amide bonds. The molecule has 0 bridgehead atoms. The maximum Gasteiger partial charge on any atom is 0.253 e. The SMILES string of the molecule is CSCCC(NC(=O)c1ccccc1Br)C(=O)N(C)Cc1nc2ccccc2s1. The third-order valence-corrected chi connectivity index (χ3v) is 6.78. The lowest BCUT2D eigenvalue weighted by atomic mass is 10.1. The highest BCUT2D eigenvalue weighted by molar-refractivity contribution is 9.10. The average Bonchev–Trinajstić information content (AvgIpc) is 3.12. The Morgan fingerprint density at radius 1 is 1.21 bits per heavy atom. The zero-order valence-electron chi connectivity index (χ0n) is 16.2. The van der Waals surface area contributed by atoms with Crippen molar-refractivity contribution in [1.29, 1.82) is 0 Å². The molecule has 1 aromatic heterocycles. The molecule has 2 aromatic carbocycles. The van der Waals surface area contributed by atoms with Gasteiger partial charge in [0.05, 0.1) is 22.3 Å². The molecule has 0 aliphatic carbocycles. The number of para-hydroxylation sites is 1. The van der Waals surface area contributed by atoms with Crippen molar-refractivity contribution < 1.29 is 9.59 Å². The number of likely N-dealkylation sites (N-methyl/N-ethyl adjacent to an activating group) is 1. The van der Waals surface area contributed by atoms with Crippen molar-refractivity contribution in [1.82, 2.24) is 15.2 Å². The largest absolute Gasteiger partial charge is 0.340 e. The molecule has 3 rings (SSSR count). The van der Waals surface area contributed by atoms with Crippen LogP contribution in [0.3, 0.4) is 0 Å². The van der Waals surface area contributed by atoms with E-state index < -0.39 is 6.04 Å². The van der Waals surface area contributed by atoms with Gasteiger partial charge in [-0.05, 0) is 58.6 Å². The molecular formula is C21H22BrN3O2S2. The number of halogens is 1. The molecule has 0 saturated heterocycles. The fraction of sp³-hybridized carbons (Fsp3) is 0.286. The van der Waals surface area contributed by atoms with Crippen LogP contribution in [-0.4, -0.2) is 46.8 Å². The van der Waals surface area contributed by atoms with Gasteiger partial charge in [-0.1, -0.05) is 24.3 Å². The number of carbonyl (C=O) groups excluding carboxylic acids is 2. The molecule has 1 atom stereocenters. The maximum atomic E-state index is 13.1. The molecule has 1 heterocycles. The summed E-state index contributed by atoms with van der Waals surface area (Å²) in [7, 11) is 1.76. The van der Waals surface area contributed by atoms with Gasteiger partial charge in [-0.3, -0.25) is 9.59 Å². The Balaban J connectivity index is 1.71. The number of thioether (sulfide) groups is 1. The van der Waals surface area contributed by atoms with Gasteiger partial charge in [0.2, 0.25) is 5.91 Å². The van der Waals surface area contributed by atoms with Crippen LogP contribution >= 0.6 is 39.0 Å². The summed E-state index contributed by atoms with van der Waals surface area (Å²) in [5.41, 5.74) is 1.46. The third-order valence-electron chi connectivity index (χ3n) is 4.42. The standard InChI is InChI=1S/C21H22BrN3O2S2/c1-25(13-19-23-16-9-5-6-10-18(16)29-19)21(27)17(11-12-28-2)24-20(26)14-7-3-4-8-15(14)22/h3-10,17H,11-13H2,1-2H3,(H,24,26). The van der Waals surface area contributed by atoms with Crippen molar-refractivity contribution in [2.24, 2.45) is 0 Å². The Bertz CT molecular complexity index is 975. The minimum Gasteiger partial charge on any atom is -0.340 e. The first-order valence-corrected chi connectivity index (χ1v) is 12.1. The number of nitrogens with zero attached hydrogens (tertiary/aromatic N) is 2. The number of hydrogen-bond donors (Lipinski definition) is 1. The van der Waals surface area contributed by atoms with Crippen LogP contribution in [0.1, 0.15) is 21.8 Å². The summed E-state index contributed by atoms with van der Waals surface area (Å²) in [5.74, 6) is 0.408. The van der Waals surface area contributed by atoms with E-state index in [9.17, 15) is 9.59 Å². The lowest BCUT2D eigenvalue weighted by Gasteiger charge is -2.24. The fourth-order valence-corrected chi connectivity index (χ4v) is 4.87. The van der Waals surface area contributed by atoms with Crippen LogP contribution in [0.25, 0.3) is 10.2 Å². The predicted molar refractivity (Wildman–Crippen MR) is 124 cm³/mol. The van der Waals surface area contributed by atoms with Crippen molar-refractivity contribution in [2.75, 3.05) is 19.1 Å². The Labute approximate surface area is 187 Å². The van der Waals surface area contributed by atoms with Crippen LogP contribution in [0.2, 0.25) is 0 Å². The first-order valence-electron chi connectivity index (χ1n) is 9.13. The second-order valence-corrected chi connectivity index (χ2v) is 9.51. The van der Waals surface area contributed by atoms with Gasteiger partial charge in [0.15, 0.2) is 0 Å². The second kappa shape index (κ2) is 10.2. The Kier molecular flexibility index (Phi) is 7.69. The van der Waals surface area contributed by atoms with Gasteiger partial charge in [-0.2, -0.15) is 11.8 Å². The number of rotatable bonds is 8. The first kappa shape index (κ1) is 21.8. The molecule has 0 aliphatic rings. The van der Waals surface area contributed by atoms with E-state index in [-0.39, 0.29) is 11.8 Å². The highest BCUT2D eigenvalue weighted by Gasteiger charge is 2.25. The molecule has 0 radical (unpaired) electrons. The van der Waals surface area contributed by atoms with Crippen LogP contribution in [0, 0.1) is 0 Å². The summed E-state index contributed by atoms with van der Waals surface area (Å²) in [6.07, 6.45) is 2.56. The summed E-state index contributed by atoms with van der Waals surface area (Å²) >= 11 is 6.63. The number of benzene rings is 2. The van der Waals surface area contributed by atoms with Crippen molar-refractivity contribution in [3.05, 3.63) is 63.6 Å². The van der Waals surface area contributed by atoms with E-state index in [0.29, 0.717) is 23.0 Å². The summed E-state index contributed by atoms with van der Waals surface area (Å²) in [4.78, 5) is 32.0. The van der Waals surface area contributed by atoms with Gasteiger partial charge < -0.3 is 10.2 Å². The number of carbonyl (C=O) groups is 2. The molecule has 8 heteroatoms. The number of nitrogens with one attached hydrogen (secondary N) is 1. The monoisotopic (exact) mass is 491 g/mol. The quantitative estimate of drug-likeness (QED) is 0.501. The average molecular weight is 492 g/mol. The second-order valence-electron chi connectivity index (χ2n) is 6.56. The Hall–Kier alpha value is -1.90. The molecule has 152 valence electrons. The third kappa shape index (κ3) is 5.58. The van der Waals surface area contributed by atoms with E-state index >= 15 is 0 Å². The fourth-order valence-electron chi connectivity index (χ4n) is 2.91. The predicted octanol–water partition coefficient (Wildman–Crippen LogP) is 4.57. The van der Waals surface area contributed by atoms with Crippen molar-refractivity contribution in [2.45, 2.75) is 19.0 Å². The molecule has 3 aromatic rings. The molecule has 0 saturated carbocycles. The van der Waals surface area contributed by atoms with Crippen LogP contribution in [0.5, 0.6) is 0 Å². The van der Waals surface area contributed by atoms with Crippen molar-refractivity contribution in [3.63, 3.8) is 0 Å². The van der Waals surface area contributed by atoms with Crippen molar-refractivity contribution >= 4 is 61.1 Å². The molecule has 1 unspecified atom stereocenters. The van der Waals surface area contributed by atoms with Crippen LogP contribution in [0.4, 0.5) is 0 Å². The van der Waals surface area contributed by atoms with Crippen LogP contribution < -0.4 is 5.32 Å². The van der Waals surface area contributed by atoms with E-state index in [2.05, 4.69) is 26.2 Å². The smallest absolute Gasteiger partial charge is 0.253 e. The van der Waals surface area contributed by atoms with Gasteiger partial charge in [-0.25, -0.2) is 4.98 Å². The molecular weight excluding hydrogens is 470 g/mol. The minimum absolute atomic E-state index is 0.112. The van der Waals surface area contributed by atoms with E-state index in [1.54, 1.807) is 47.2 Å². The lowest BCUT2D eigenvalue weighted by Crippen LogP contribution is -2.47. The molecule has 0 fully saturated rings. The molecule has 0 aliphatic heterocycles. The number of thiazole rings is 1. The zero-order chi connectivity index (χ0) is 20.8. The summed E-state index contributed by atoms with van der Waals surface area (Å²) in [6.45, 7) is 0.416. The number of amides is 2. The lowest BCUT2D eigenvalue weighted by molar-refractivity contribution is -0.132. The Morgan fingerprint density at radius 3 is 2.66 bits per heavy atom. The maximum absolute atomic E-state index is 13.1. The molecule has 29 heavy (non-hydrogen) atoms. The summed E-state index contributed by atoms with van der Waals surface area (Å²) < 4.78 is 1.81. The van der Waals surface area contributed by atoms with E-state index in [1.165, 1.54) is 0 Å². The topological polar surface area (TPSA) is 62.3 Å². The molecule has 0 spiro atoms. The van der Waals surface area contributed by atoms with E-state index in [4.69, 9.17) is 0 Å². The van der Waals surface area contributed by atoms with Gasteiger partial charge in [0.25, 0.3) is 5.91 Å². The Morgan fingerprint density at radius 2 is 1.93 bits per heavy atom. The number of aromatic nitrogens is 1. The summed E-state index contributed by atoms with van der Waals surface area (Å²) in [5, 5.41) is 3.79. The number of hydrogen-bond acceptors (Lipinski definition) is 5. The summed E-state index contributed by atoms with van der Waals surface area (Å²) in [6, 6.07) is 14.5. The zero-order valence-corrected chi connectivity index (χ0v) is 19.4. The highest BCUT2D eigenvalue weighted by atomic mass is 79.9. The first-order chi connectivity index (χ1) is 14.0. The molecule has 5 nitrogen and oxygen atoms in total. The highest BCUT2D eigenvalue weighted by Crippen LogP contribution is 2.23. The molecule has 1 N–H and O–H groups in total.